The number of benzene rings is 2. The van der Waals surface area contributed by atoms with Crippen LogP contribution >= 0.6 is 0 Å². The number of carbonyl (C=O) groups is 1. The third kappa shape index (κ3) is 4.20. The van der Waals surface area contributed by atoms with Crippen LogP contribution in [0.1, 0.15) is 21.5 Å². The summed E-state index contributed by atoms with van der Waals surface area (Å²) in [6.07, 6.45) is 0.716. The van der Waals surface area contributed by atoms with Crippen LogP contribution in [-0.4, -0.2) is 50.0 Å². The lowest BCUT2D eigenvalue weighted by molar-refractivity contribution is 0.102. The van der Waals surface area contributed by atoms with Crippen molar-refractivity contribution in [2.24, 2.45) is 4.99 Å². The van der Waals surface area contributed by atoms with Crippen molar-refractivity contribution in [3.05, 3.63) is 77.4 Å². The number of hydrogen-bond donors (Lipinski definition) is 1. The largest absolute Gasteiger partial charge is 0.481 e. The highest BCUT2D eigenvalue weighted by molar-refractivity contribution is 6.08. The molecule has 7 nitrogen and oxygen atoms in total. The Morgan fingerprint density at radius 3 is 2.47 bits per heavy atom. The van der Waals surface area contributed by atoms with Gasteiger partial charge >= 0.3 is 0 Å². The van der Waals surface area contributed by atoms with Gasteiger partial charge in [0.1, 0.15) is 0 Å². The van der Waals surface area contributed by atoms with E-state index >= 15 is 0 Å². The Hall–Kier alpha value is -3.71. The van der Waals surface area contributed by atoms with E-state index in [-0.39, 0.29) is 5.91 Å². The fraction of sp³-hybridized carbons (Fsp3) is 0.240. The topological polar surface area (TPSA) is 76.1 Å². The summed E-state index contributed by atoms with van der Waals surface area (Å²) in [5.74, 6) is 1.11. The summed E-state index contributed by atoms with van der Waals surface area (Å²) >= 11 is 0. The third-order valence-corrected chi connectivity index (χ3v) is 5.72. The Labute approximate surface area is 186 Å². The highest BCUT2D eigenvalue weighted by atomic mass is 16.5. The molecule has 32 heavy (non-hydrogen) atoms. The van der Waals surface area contributed by atoms with Crippen LogP contribution in [0.5, 0.6) is 5.88 Å². The molecule has 1 aromatic heterocycles. The van der Waals surface area contributed by atoms with Gasteiger partial charge in [0.05, 0.1) is 26.0 Å². The van der Waals surface area contributed by atoms with Gasteiger partial charge in [-0.25, -0.2) is 4.99 Å². The Balaban J connectivity index is 1.24. The van der Waals surface area contributed by atoms with Crippen molar-refractivity contribution in [2.75, 3.05) is 43.6 Å². The van der Waals surface area contributed by atoms with Gasteiger partial charge in [-0.1, -0.05) is 12.1 Å². The molecule has 0 unspecified atom stereocenters. The highest BCUT2D eigenvalue weighted by Crippen LogP contribution is 2.29. The molecule has 2 aromatic carbocycles. The number of carbonyl (C=O) groups excluding carboxylic acids is 1. The highest BCUT2D eigenvalue weighted by Gasteiger charge is 2.18. The van der Waals surface area contributed by atoms with Crippen LogP contribution in [0.25, 0.3) is 0 Å². The van der Waals surface area contributed by atoms with Crippen molar-refractivity contribution >= 4 is 28.8 Å². The fourth-order valence-electron chi connectivity index (χ4n) is 3.92. The molecule has 1 N–H and O–H groups in total. The Bertz CT molecular complexity index is 1150. The molecule has 0 aliphatic carbocycles. The van der Waals surface area contributed by atoms with Crippen LogP contribution in [0.3, 0.4) is 0 Å². The number of hydrogen-bond acceptors (Lipinski definition) is 6. The predicted molar refractivity (Wildman–Crippen MR) is 125 cm³/mol. The van der Waals surface area contributed by atoms with Crippen LogP contribution in [0.4, 0.5) is 17.2 Å². The summed E-state index contributed by atoms with van der Waals surface area (Å²) in [5, 5.41) is 2.97. The zero-order valence-electron chi connectivity index (χ0n) is 17.9. The van der Waals surface area contributed by atoms with Crippen LogP contribution in [0.15, 0.2) is 65.7 Å². The molecular weight excluding hydrogens is 404 g/mol. The first-order chi connectivity index (χ1) is 15.7. The van der Waals surface area contributed by atoms with Gasteiger partial charge in [0.25, 0.3) is 5.91 Å². The van der Waals surface area contributed by atoms with E-state index in [2.05, 4.69) is 20.2 Å². The molecule has 1 amide bonds. The average Bonchev–Trinajstić information content (AvgIpc) is 3.28. The number of aromatic nitrogens is 1. The summed E-state index contributed by atoms with van der Waals surface area (Å²) in [6, 6.07) is 19.3. The van der Waals surface area contributed by atoms with E-state index in [1.165, 1.54) is 0 Å². The molecule has 3 heterocycles. The minimum atomic E-state index is -0.140. The van der Waals surface area contributed by atoms with Gasteiger partial charge in [-0.15, -0.1) is 0 Å². The van der Waals surface area contributed by atoms with E-state index in [0.717, 1.165) is 54.5 Å². The molecule has 0 bridgehead atoms. The lowest BCUT2D eigenvalue weighted by Crippen LogP contribution is -2.36. The number of amides is 1. The minimum absolute atomic E-state index is 0.140. The molecule has 0 radical (unpaired) electrons. The third-order valence-electron chi connectivity index (χ3n) is 5.72. The van der Waals surface area contributed by atoms with Gasteiger partial charge < -0.3 is 19.7 Å². The molecule has 1 fully saturated rings. The molecule has 162 valence electrons. The SMILES string of the molecule is COc1ccc2c(n1)N=C(c1ccc(C(=O)Nc3ccc(N4CCOCC4)cc3)cc1)C2. The zero-order valence-corrected chi connectivity index (χ0v) is 17.9. The Morgan fingerprint density at radius 2 is 1.75 bits per heavy atom. The Kier molecular flexibility index (Phi) is 5.56. The molecule has 7 heteroatoms. The molecular formula is C25H24N4O3. The van der Waals surface area contributed by atoms with Gasteiger partial charge in [0.15, 0.2) is 5.82 Å². The lowest BCUT2D eigenvalue weighted by atomic mass is 10.0. The summed E-state index contributed by atoms with van der Waals surface area (Å²) in [6.45, 7) is 3.27. The van der Waals surface area contributed by atoms with Crippen molar-refractivity contribution in [1.82, 2.24) is 4.98 Å². The van der Waals surface area contributed by atoms with Crippen LogP contribution in [0.2, 0.25) is 0 Å². The van der Waals surface area contributed by atoms with Crippen molar-refractivity contribution in [3.8, 4) is 5.88 Å². The predicted octanol–water partition coefficient (Wildman–Crippen LogP) is 3.86. The van der Waals surface area contributed by atoms with E-state index in [4.69, 9.17) is 9.47 Å². The molecule has 3 aromatic rings. The van der Waals surface area contributed by atoms with Crippen molar-refractivity contribution in [1.29, 1.82) is 0 Å². The lowest BCUT2D eigenvalue weighted by Gasteiger charge is -2.28. The van der Waals surface area contributed by atoms with E-state index in [9.17, 15) is 4.79 Å². The second-order valence-corrected chi connectivity index (χ2v) is 7.75. The molecule has 2 aliphatic rings. The van der Waals surface area contributed by atoms with Gasteiger partial charge in [0, 0.05) is 48.1 Å². The number of nitrogens with zero attached hydrogens (tertiary/aromatic N) is 3. The summed E-state index contributed by atoms with van der Waals surface area (Å²) in [7, 11) is 1.59. The first-order valence-corrected chi connectivity index (χ1v) is 10.7. The molecule has 1 saturated heterocycles. The number of ether oxygens (including phenoxy) is 2. The average molecular weight is 428 g/mol. The maximum Gasteiger partial charge on any atom is 0.255 e. The quantitative estimate of drug-likeness (QED) is 0.668. The van der Waals surface area contributed by atoms with Crippen LogP contribution < -0.4 is 15.0 Å². The first kappa shape index (κ1) is 20.2. The van der Waals surface area contributed by atoms with E-state index in [1.807, 2.05) is 60.7 Å². The van der Waals surface area contributed by atoms with E-state index < -0.39 is 0 Å². The zero-order chi connectivity index (χ0) is 21.9. The smallest absolute Gasteiger partial charge is 0.255 e. The van der Waals surface area contributed by atoms with Gasteiger partial charge in [-0.05, 0) is 48.0 Å². The van der Waals surface area contributed by atoms with Crippen molar-refractivity contribution < 1.29 is 14.3 Å². The van der Waals surface area contributed by atoms with Gasteiger partial charge in [0.2, 0.25) is 5.88 Å². The maximum atomic E-state index is 12.7. The summed E-state index contributed by atoms with van der Waals surface area (Å²) in [4.78, 5) is 24.0. The number of aliphatic imine (C=N–C) groups is 1. The normalized spacial score (nSPS) is 15.2. The number of nitrogens with one attached hydrogen (secondary N) is 1. The summed E-state index contributed by atoms with van der Waals surface area (Å²) in [5.41, 5.74) is 5.50. The van der Waals surface area contributed by atoms with E-state index in [0.29, 0.717) is 23.7 Å². The number of fused-ring (bicyclic) bond motifs is 1. The maximum absolute atomic E-state index is 12.7. The number of morpholine rings is 1. The molecule has 2 aliphatic heterocycles. The second kappa shape index (κ2) is 8.80. The standard InChI is InChI=1S/C25H24N4O3/c1-31-23-11-6-19-16-22(27-24(19)28-23)17-2-4-18(5-3-17)25(30)26-20-7-9-21(10-8-20)29-12-14-32-15-13-29/h2-11H,12-16H2,1H3,(H,26,30). The monoisotopic (exact) mass is 428 g/mol. The first-order valence-electron chi connectivity index (χ1n) is 10.7. The number of methoxy groups -OCH3 is 1. The van der Waals surface area contributed by atoms with Crippen molar-refractivity contribution in [3.63, 3.8) is 0 Å². The number of rotatable bonds is 5. The second-order valence-electron chi connectivity index (χ2n) is 7.75. The van der Waals surface area contributed by atoms with Crippen LogP contribution in [-0.2, 0) is 11.2 Å². The van der Waals surface area contributed by atoms with E-state index in [1.54, 1.807) is 7.11 Å². The Morgan fingerprint density at radius 1 is 1.00 bits per heavy atom. The molecule has 5 rings (SSSR count). The summed E-state index contributed by atoms with van der Waals surface area (Å²) < 4.78 is 10.6. The minimum Gasteiger partial charge on any atom is -0.481 e. The number of pyridine rings is 1. The number of anilines is 2. The van der Waals surface area contributed by atoms with Crippen LogP contribution in [0, 0.1) is 0 Å². The molecule has 0 saturated carbocycles. The van der Waals surface area contributed by atoms with Gasteiger partial charge in [-0.3, -0.25) is 4.79 Å². The fourth-order valence-corrected chi connectivity index (χ4v) is 3.92. The van der Waals surface area contributed by atoms with Crippen molar-refractivity contribution in [2.45, 2.75) is 6.42 Å². The molecule has 0 spiro atoms. The van der Waals surface area contributed by atoms with Gasteiger partial charge in [-0.2, -0.15) is 4.98 Å². The molecule has 0 atom stereocenters.